The van der Waals surface area contributed by atoms with Gasteiger partial charge < -0.3 is 11.5 Å². The summed E-state index contributed by atoms with van der Waals surface area (Å²) < 4.78 is 0. The fraction of sp³-hybridized carbons (Fsp3) is 0. The molecule has 62 valence electrons. The van der Waals surface area contributed by atoms with Crippen LogP contribution in [0.1, 0.15) is 5.69 Å². The van der Waals surface area contributed by atoms with Crippen molar-refractivity contribution in [2.75, 3.05) is 5.73 Å². The van der Waals surface area contributed by atoms with Crippen molar-refractivity contribution in [1.29, 1.82) is 0 Å². The highest BCUT2D eigenvalue weighted by Crippen LogP contribution is 2.01. The van der Waals surface area contributed by atoms with Crippen molar-refractivity contribution in [3.8, 4) is 0 Å². The number of anilines is 1. The lowest BCUT2D eigenvalue weighted by Crippen LogP contribution is -2.05. The third kappa shape index (κ3) is 2.42. The molecule has 0 unspecified atom stereocenters. The standard InChI is InChI=1S/C8H9N3O/c9-6-1-2-7(11-5-6)3-4-8(10)12/h1-5H,9H2,(H2,10,12). The molecule has 1 amide bonds. The molecule has 0 atom stereocenters. The van der Waals surface area contributed by atoms with Gasteiger partial charge in [0.15, 0.2) is 0 Å². The normalized spacial score (nSPS) is 10.3. The molecule has 1 aromatic rings. The number of carbonyl (C=O) groups is 1. The van der Waals surface area contributed by atoms with E-state index < -0.39 is 5.91 Å². The van der Waals surface area contributed by atoms with Gasteiger partial charge in [0, 0.05) is 6.08 Å². The number of amides is 1. The van der Waals surface area contributed by atoms with E-state index in [4.69, 9.17) is 11.5 Å². The second-order valence-electron chi connectivity index (χ2n) is 2.25. The van der Waals surface area contributed by atoms with Crippen LogP contribution >= 0.6 is 0 Å². The minimum Gasteiger partial charge on any atom is -0.397 e. The third-order valence-electron chi connectivity index (χ3n) is 1.23. The van der Waals surface area contributed by atoms with Gasteiger partial charge in [-0.15, -0.1) is 0 Å². The van der Waals surface area contributed by atoms with Crippen LogP contribution in [0.5, 0.6) is 0 Å². The monoisotopic (exact) mass is 163 g/mol. The Morgan fingerprint density at radius 1 is 1.50 bits per heavy atom. The van der Waals surface area contributed by atoms with Gasteiger partial charge in [-0.2, -0.15) is 0 Å². The van der Waals surface area contributed by atoms with Crippen LogP contribution in [0.15, 0.2) is 24.4 Å². The molecular formula is C8H9N3O. The van der Waals surface area contributed by atoms with Gasteiger partial charge in [0.2, 0.25) is 5.91 Å². The van der Waals surface area contributed by atoms with Crippen molar-refractivity contribution in [3.05, 3.63) is 30.1 Å². The smallest absolute Gasteiger partial charge is 0.241 e. The second kappa shape index (κ2) is 3.52. The lowest BCUT2D eigenvalue weighted by Gasteiger charge is -1.92. The molecule has 0 radical (unpaired) electrons. The van der Waals surface area contributed by atoms with Gasteiger partial charge in [-0.05, 0) is 18.2 Å². The molecule has 1 rings (SSSR count). The predicted octanol–water partition coefficient (Wildman–Crippen LogP) is 0.162. The highest BCUT2D eigenvalue weighted by atomic mass is 16.1. The van der Waals surface area contributed by atoms with Crippen molar-refractivity contribution in [2.45, 2.75) is 0 Å². The second-order valence-corrected chi connectivity index (χ2v) is 2.25. The van der Waals surface area contributed by atoms with Crippen molar-refractivity contribution in [1.82, 2.24) is 4.98 Å². The van der Waals surface area contributed by atoms with E-state index in [0.717, 1.165) is 0 Å². The topological polar surface area (TPSA) is 82.0 Å². The van der Waals surface area contributed by atoms with Crippen molar-refractivity contribution >= 4 is 17.7 Å². The van der Waals surface area contributed by atoms with Gasteiger partial charge in [0.25, 0.3) is 0 Å². The first-order valence-corrected chi connectivity index (χ1v) is 3.37. The lowest BCUT2D eigenvalue weighted by molar-refractivity contribution is -0.113. The van der Waals surface area contributed by atoms with Crippen LogP contribution in [-0.2, 0) is 4.79 Å². The minimum absolute atomic E-state index is 0.492. The maximum Gasteiger partial charge on any atom is 0.241 e. The van der Waals surface area contributed by atoms with E-state index in [9.17, 15) is 4.79 Å². The molecule has 12 heavy (non-hydrogen) atoms. The number of primary amides is 1. The molecule has 0 aliphatic carbocycles. The molecule has 0 spiro atoms. The molecule has 1 aromatic heterocycles. The molecule has 0 aliphatic heterocycles. The summed E-state index contributed by atoms with van der Waals surface area (Å²) in [6.45, 7) is 0. The molecule has 0 saturated heterocycles. The summed E-state index contributed by atoms with van der Waals surface area (Å²) in [6, 6.07) is 3.41. The van der Waals surface area contributed by atoms with E-state index in [1.807, 2.05) is 0 Å². The van der Waals surface area contributed by atoms with E-state index >= 15 is 0 Å². The van der Waals surface area contributed by atoms with E-state index in [1.54, 1.807) is 12.1 Å². The van der Waals surface area contributed by atoms with Gasteiger partial charge in [0.1, 0.15) is 0 Å². The van der Waals surface area contributed by atoms with Gasteiger partial charge in [-0.25, -0.2) is 0 Å². The Morgan fingerprint density at radius 3 is 2.75 bits per heavy atom. The Kier molecular flexibility index (Phi) is 2.42. The van der Waals surface area contributed by atoms with Gasteiger partial charge in [0.05, 0.1) is 17.6 Å². The maximum atomic E-state index is 10.3. The Labute approximate surface area is 69.9 Å². The number of hydrogen-bond donors (Lipinski definition) is 2. The number of nitrogen functional groups attached to an aromatic ring is 1. The van der Waals surface area contributed by atoms with Crippen LogP contribution in [0.25, 0.3) is 6.08 Å². The molecule has 4 nitrogen and oxygen atoms in total. The van der Waals surface area contributed by atoms with Crippen LogP contribution in [0.3, 0.4) is 0 Å². The number of aromatic nitrogens is 1. The zero-order chi connectivity index (χ0) is 8.97. The third-order valence-corrected chi connectivity index (χ3v) is 1.23. The number of pyridine rings is 1. The molecule has 0 bridgehead atoms. The maximum absolute atomic E-state index is 10.3. The summed E-state index contributed by atoms with van der Waals surface area (Å²) in [5, 5.41) is 0. The van der Waals surface area contributed by atoms with Crippen LogP contribution in [-0.4, -0.2) is 10.9 Å². The zero-order valence-electron chi connectivity index (χ0n) is 6.40. The lowest BCUT2D eigenvalue weighted by atomic mass is 10.3. The molecule has 0 aromatic carbocycles. The molecular weight excluding hydrogens is 154 g/mol. The highest BCUT2D eigenvalue weighted by Gasteiger charge is 1.88. The Morgan fingerprint density at radius 2 is 2.25 bits per heavy atom. The highest BCUT2D eigenvalue weighted by molar-refractivity contribution is 5.89. The van der Waals surface area contributed by atoms with E-state index in [1.165, 1.54) is 18.3 Å². The summed E-state index contributed by atoms with van der Waals surface area (Å²) in [5.74, 6) is -0.492. The molecule has 1 heterocycles. The number of hydrogen-bond acceptors (Lipinski definition) is 3. The minimum atomic E-state index is -0.492. The number of nitrogens with zero attached hydrogens (tertiary/aromatic N) is 1. The van der Waals surface area contributed by atoms with Crippen molar-refractivity contribution < 1.29 is 4.79 Å². The molecule has 4 heteroatoms. The summed E-state index contributed by atoms with van der Waals surface area (Å²) in [5.41, 5.74) is 11.5. The van der Waals surface area contributed by atoms with Crippen LogP contribution in [0.2, 0.25) is 0 Å². The molecule has 4 N–H and O–H groups in total. The summed E-state index contributed by atoms with van der Waals surface area (Å²) in [7, 11) is 0. The Bertz CT molecular complexity index is 303. The van der Waals surface area contributed by atoms with Crippen molar-refractivity contribution in [2.24, 2.45) is 5.73 Å². The molecule has 0 fully saturated rings. The molecule has 0 saturated carbocycles. The van der Waals surface area contributed by atoms with Gasteiger partial charge >= 0.3 is 0 Å². The Balaban J connectivity index is 2.77. The van der Waals surface area contributed by atoms with Crippen molar-refractivity contribution in [3.63, 3.8) is 0 Å². The van der Waals surface area contributed by atoms with E-state index in [-0.39, 0.29) is 0 Å². The van der Waals surface area contributed by atoms with Crippen LogP contribution < -0.4 is 11.5 Å². The first-order chi connectivity index (χ1) is 5.68. The summed E-state index contributed by atoms with van der Waals surface area (Å²) in [6.07, 6.45) is 4.29. The largest absolute Gasteiger partial charge is 0.397 e. The number of nitrogens with two attached hydrogens (primary N) is 2. The Hall–Kier alpha value is -1.84. The van der Waals surface area contributed by atoms with E-state index in [2.05, 4.69) is 4.98 Å². The number of rotatable bonds is 2. The summed E-state index contributed by atoms with van der Waals surface area (Å²) >= 11 is 0. The van der Waals surface area contributed by atoms with E-state index in [0.29, 0.717) is 11.4 Å². The zero-order valence-corrected chi connectivity index (χ0v) is 6.40. The summed E-state index contributed by atoms with van der Waals surface area (Å²) in [4.78, 5) is 14.3. The quantitative estimate of drug-likeness (QED) is 0.609. The van der Waals surface area contributed by atoms with Crippen LogP contribution in [0, 0.1) is 0 Å². The fourth-order valence-electron chi connectivity index (χ4n) is 0.683. The molecule has 0 aliphatic rings. The SMILES string of the molecule is NC(=O)C=Cc1ccc(N)cn1. The first-order valence-electron chi connectivity index (χ1n) is 3.37. The first kappa shape index (κ1) is 8.26. The van der Waals surface area contributed by atoms with Gasteiger partial charge in [-0.1, -0.05) is 0 Å². The average molecular weight is 163 g/mol. The van der Waals surface area contributed by atoms with Crippen LogP contribution in [0.4, 0.5) is 5.69 Å². The average Bonchev–Trinajstić information content (AvgIpc) is 2.03. The van der Waals surface area contributed by atoms with Gasteiger partial charge in [-0.3, -0.25) is 9.78 Å². The number of carbonyl (C=O) groups excluding carboxylic acids is 1. The fourth-order valence-corrected chi connectivity index (χ4v) is 0.683. The predicted molar refractivity (Wildman–Crippen MR) is 46.9 cm³/mol.